The molecule has 2 rings (SSSR count). The van der Waals surface area contributed by atoms with Gasteiger partial charge in [-0.05, 0) is 31.2 Å². The van der Waals surface area contributed by atoms with Gasteiger partial charge in [-0.1, -0.05) is 0 Å². The van der Waals surface area contributed by atoms with E-state index in [2.05, 4.69) is 4.98 Å². The standard InChI is InChI=1S/C12H12N2O2/c1-2-16-10-3-4-11-8(6-10)5-9(7-14-11)12(13)15/h3-7H,2H2,1H3,(H2,13,15). The molecule has 0 fully saturated rings. The van der Waals surface area contributed by atoms with Crippen molar-refractivity contribution >= 4 is 16.8 Å². The summed E-state index contributed by atoms with van der Waals surface area (Å²) in [6.07, 6.45) is 1.48. The van der Waals surface area contributed by atoms with E-state index in [1.54, 1.807) is 6.07 Å². The normalized spacial score (nSPS) is 10.3. The summed E-state index contributed by atoms with van der Waals surface area (Å²) in [7, 11) is 0. The summed E-state index contributed by atoms with van der Waals surface area (Å²) >= 11 is 0. The van der Waals surface area contributed by atoms with Crippen LogP contribution < -0.4 is 10.5 Å². The Hall–Kier alpha value is -2.10. The van der Waals surface area contributed by atoms with Crippen LogP contribution in [0, 0.1) is 0 Å². The number of carbonyl (C=O) groups is 1. The molecule has 0 aliphatic carbocycles. The molecule has 4 heteroatoms. The molecule has 2 aromatic rings. The van der Waals surface area contributed by atoms with Gasteiger partial charge in [-0.3, -0.25) is 9.78 Å². The number of hydrogen-bond donors (Lipinski definition) is 1. The quantitative estimate of drug-likeness (QED) is 0.849. The first-order chi connectivity index (χ1) is 7.70. The minimum atomic E-state index is -0.476. The maximum Gasteiger partial charge on any atom is 0.250 e. The molecule has 0 bridgehead atoms. The number of primary amides is 1. The molecule has 1 aromatic carbocycles. The number of rotatable bonds is 3. The second kappa shape index (κ2) is 4.18. The lowest BCUT2D eigenvalue weighted by atomic mass is 10.1. The van der Waals surface area contributed by atoms with Gasteiger partial charge in [0.05, 0.1) is 17.7 Å². The van der Waals surface area contributed by atoms with Crippen LogP contribution in [0.3, 0.4) is 0 Å². The van der Waals surface area contributed by atoms with Crippen molar-refractivity contribution in [1.82, 2.24) is 4.98 Å². The molecule has 0 saturated heterocycles. The Kier molecular flexibility index (Phi) is 2.72. The molecule has 0 aliphatic heterocycles. The van der Waals surface area contributed by atoms with E-state index in [0.29, 0.717) is 12.2 Å². The van der Waals surface area contributed by atoms with Crippen LogP contribution in [0.1, 0.15) is 17.3 Å². The molecular formula is C12H12N2O2. The highest BCUT2D eigenvalue weighted by Gasteiger charge is 2.03. The largest absolute Gasteiger partial charge is 0.494 e. The molecular weight excluding hydrogens is 204 g/mol. The summed E-state index contributed by atoms with van der Waals surface area (Å²) in [5, 5.41) is 0.849. The van der Waals surface area contributed by atoms with Crippen molar-refractivity contribution in [2.45, 2.75) is 6.92 Å². The van der Waals surface area contributed by atoms with Gasteiger partial charge in [0.15, 0.2) is 0 Å². The lowest BCUT2D eigenvalue weighted by Crippen LogP contribution is -2.11. The topological polar surface area (TPSA) is 65.2 Å². The summed E-state index contributed by atoms with van der Waals surface area (Å²) < 4.78 is 5.37. The van der Waals surface area contributed by atoms with E-state index < -0.39 is 5.91 Å². The van der Waals surface area contributed by atoms with E-state index in [-0.39, 0.29) is 0 Å². The van der Waals surface area contributed by atoms with Gasteiger partial charge >= 0.3 is 0 Å². The highest BCUT2D eigenvalue weighted by molar-refractivity contribution is 5.96. The number of amides is 1. The number of benzene rings is 1. The molecule has 1 aromatic heterocycles. The summed E-state index contributed by atoms with van der Waals surface area (Å²) in [6.45, 7) is 2.52. The van der Waals surface area contributed by atoms with Crippen LogP contribution in [-0.2, 0) is 0 Å². The van der Waals surface area contributed by atoms with E-state index in [1.807, 2.05) is 25.1 Å². The van der Waals surface area contributed by atoms with Crippen molar-refractivity contribution in [2.75, 3.05) is 6.61 Å². The summed E-state index contributed by atoms with van der Waals surface area (Å²) in [4.78, 5) is 15.2. The lowest BCUT2D eigenvalue weighted by molar-refractivity contribution is 0.1000. The average Bonchev–Trinajstić information content (AvgIpc) is 2.28. The fourth-order valence-electron chi connectivity index (χ4n) is 1.50. The van der Waals surface area contributed by atoms with Gasteiger partial charge in [-0.2, -0.15) is 0 Å². The smallest absolute Gasteiger partial charge is 0.250 e. The van der Waals surface area contributed by atoms with E-state index in [4.69, 9.17) is 10.5 Å². The molecule has 0 saturated carbocycles. The number of carbonyl (C=O) groups excluding carboxylic acids is 1. The van der Waals surface area contributed by atoms with E-state index >= 15 is 0 Å². The molecule has 4 nitrogen and oxygen atoms in total. The predicted molar refractivity (Wildman–Crippen MR) is 61.4 cm³/mol. The number of hydrogen-bond acceptors (Lipinski definition) is 3. The second-order valence-corrected chi connectivity index (χ2v) is 3.38. The molecule has 0 unspecified atom stereocenters. The van der Waals surface area contributed by atoms with Crippen molar-refractivity contribution in [3.8, 4) is 5.75 Å². The van der Waals surface area contributed by atoms with Crippen molar-refractivity contribution in [3.63, 3.8) is 0 Å². The third-order valence-corrected chi connectivity index (χ3v) is 2.25. The first kappa shape index (κ1) is 10.4. The van der Waals surface area contributed by atoms with E-state index in [1.165, 1.54) is 6.20 Å². The maximum atomic E-state index is 11.0. The zero-order valence-corrected chi connectivity index (χ0v) is 8.93. The monoisotopic (exact) mass is 216 g/mol. The molecule has 16 heavy (non-hydrogen) atoms. The first-order valence-corrected chi connectivity index (χ1v) is 5.03. The minimum absolute atomic E-state index is 0.404. The zero-order chi connectivity index (χ0) is 11.5. The van der Waals surface area contributed by atoms with E-state index in [9.17, 15) is 4.79 Å². The number of nitrogens with two attached hydrogens (primary N) is 1. The molecule has 0 atom stereocenters. The molecule has 0 spiro atoms. The zero-order valence-electron chi connectivity index (χ0n) is 8.93. The number of pyridine rings is 1. The molecule has 2 N–H and O–H groups in total. The number of nitrogens with zero attached hydrogens (tertiary/aromatic N) is 1. The van der Waals surface area contributed by atoms with Gasteiger partial charge in [0.25, 0.3) is 0 Å². The van der Waals surface area contributed by atoms with Crippen LogP contribution in [0.15, 0.2) is 30.5 Å². The van der Waals surface area contributed by atoms with Crippen molar-refractivity contribution in [2.24, 2.45) is 5.73 Å². The number of fused-ring (bicyclic) bond motifs is 1. The van der Waals surface area contributed by atoms with Crippen LogP contribution >= 0.6 is 0 Å². The van der Waals surface area contributed by atoms with Crippen molar-refractivity contribution in [3.05, 3.63) is 36.0 Å². The van der Waals surface area contributed by atoms with Crippen LogP contribution in [-0.4, -0.2) is 17.5 Å². The van der Waals surface area contributed by atoms with Crippen molar-refractivity contribution < 1.29 is 9.53 Å². The lowest BCUT2D eigenvalue weighted by Gasteiger charge is -2.04. The summed E-state index contributed by atoms with van der Waals surface area (Å²) in [6, 6.07) is 7.26. The Morgan fingerprint density at radius 3 is 2.94 bits per heavy atom. The highest BCUT2D eigenvalue weighted by Crippen LogP contribution is 2.20. The van der Waals surface area contributed by atoms with Gasteiger partial charge in [-0.25, -0.2) is 0 Å². The average molecular weight is 216 g/mol. The molecule has 1 amide bonds. The second-order valence-electron chi connectivity index (χ2n) is 3.38. The predicted octanol–water partition coefficient (Wildman–Crippen LogP) is 1.73. The van der Waals surface area contributed by atoms with Gasteiger partial charge in [0.2, 0.25) is 5.91 Å². The highest BCUT2D eigenvalue weighted by atomic mass is 16.5. The minimum Gasteiger partial charge on any atom is -0.494 e. The third kappa shape index (κ3) is 1.95. The van der Waals surface area contributed by atoms with Crippen molar-refractivity contribution in [1.29, 1.82) is 0 Å². The Balaban J connectivity index is 2.52. The fourth-order valence-corrected chi connectivity index (χ4v) is 1.50. The third-order valence-electron chi connectivity index (χ3n) is 2.25. The van der Waals surface area contributed by atoms with Crippen LogP contribution in [0.5, 0.6) is 5.75 Å². The first-order valence-electron chi connectivity index (χ1n) is 5.03. The van der Waals surface area contributed by atoms with E-state index in [0.717, 1.165) is 16.7 Å². The Bertz CT molecular complexity index is 538. The van der Waals surface area contributed by atoms with Gasteiger partial charge in [0, 0.05) is 11.6 Å². The van der Waals surface area contributed by atoms with Crippen LogP contribution in [0.2, 0.25) is 0 Å². The number of ether oxygens (including phenoxy) is 1. The van der Waals surface area contributed by atoms with Gasteiger partial charge < -0.3 is 10.5 Å². The molecule has 1 heterocycles. The SMILES string of the molecule is CCOc1ccc2ncc(C(N)=O)cc2c1. The molecule has 0 radical (unpaired) electrons. The Morgan fingerprint density at radius 1 is 1.44 bits per heavy atom. The van der Waals surface area contributed by atoms with Gasteiger partial charge in [-0.15, -0.1) is 0 Å². The van der Waals surface area contributed by atoms with Crippen LogP contribution in [0.25, 0.3) is 10.9 Å². The molecule has 0 aliphatic rings. The molecule has 82 valence electrons. The van der Waals surface area contributed by atoms with Gasteiger partial charge in [0.1, 0.15) is 5.75 Å². The maximum absolute atomic E-state index is 11.0. The summed E-state index contributed by atoms with van der Waals surface area (Å²) in [5.41, 5.74) is 6.41. The van der Waals surface area contributed by atoms with Crippen LogP contribution in [0.4, 0.5) is 0 Å². The fraction of sp³-hybridized carbons (Fsp3) is 0.167. The summed E-state index contributed by atoms with van der Waals surface area (Å²) in [5.74, 6) is 0.287. The number of aromatic nitrogens is 1. The Morgan fingerprint density at radius 2 is 2.25 bits per heavy atom. The Labute approximate surface area is 93.0 Å².